The van der Waals surface area contributed by atoms with E-state index in [1.807, 2.05) is 14.0 Å². The Kier molecular flexibility index (Phi) is 9.68. The van der Waals surface area contributed by atoms with Crippen molar-refractivity contribution in [1.82, 2.24) is 20.1 Å². The number of hydrogen-bond acceptors (Lipinski definition) is 5. The molecule has 1 aromatic rings. The van der Waals surface area contributed by atoms with Gasteiger partial charge in [-0.25, -0.2) is 4.98 Å². The number of rotatable bonds is 9. The summed E-state index contributed by atoms with van der Waals surface area (Å²) in [5, 5.41) is 6.62. The Labute approximate surface area is 175 Å². The Balaban J connectivity index is 1.68. The van der Waals surface area contributed by atoms with Crippen LogP contribution in [0.4, 0.5) is 0 Å². The summed E-state index contributed by atoms with van der Waals surface area (Å²) >= 11 is 1.65. The van der Waals surface area contributed by atoms with Crippen LogP contribution in [0.3, 0.4) is 0 Å². The maximum atomic E-state index is 5.35. The van der Waals surface area contributed by atoms with Gasteiger partial charge in [0.1, 0.15) is 11.1 Å². The second kappa shape index (κ2) is 11.7. The molecule has 0 amide bonds. The number of unbranched alkanes of at least 4 members (excludes halogenated alkanes) is 1. The zero-order chi connectivity index (χ0) is 20.5. The highest BCUT2D eigenvalue weighted by molar-refractivity contribution is 7.09. The summed E-state index contributed by atoms with van der Waals surface area (Å²) in [7, 11) is 5.62. The number of nitrogens with zero attached hydrogens (tertiary/aromatic N) is 4. The molecule has 3 atom stereocenters. The average Bonchev–Trinajstić information content (AvgIpc) is 3.11. The van der Waals surface area contributed by atoms with Gasteiger partial charge in [-0.1, -0.05) is 13.8 Å². The molecule has 2 heterocycles. The van der Waals surface area contributed by atoms with Gasteiger partial charge in [-0.05, 0) is 44.6 Å². The van der Waals surface area contributed by atoms with Crippen LogP contribution in [0.25, 0.3) is 0 Å². The van der Waals surface area contributed by atoms with Gasteiger partial charge >= 0.3 is 0 Å². The molecule has 1 aliphatic heterocycles. The monoisotopic (exact) mass is 409 g/mol. The van der Waals surface area contributed by atoms with Gasteiger partial charge in [0.15, 0.2) is 5.96 Å². The van der Waals surface area contributed by atoms with Crippen LogP contribution in [-0.2, 0) is 11.3 Å². The highest BCUT2D eigenvalue weighted by Crippen LogP contribution is 2.22. The Bertz CT molecular complexity index is 595. The van der Waals surface area contributed by atoms with Crippen molar-refractivity contribution in [3.63, 3.8) is 0 Å². The largest absolute Gasteiger partial charge is 0.375 e. The summed E-state index contributed by atoms with van der Waals surface area (Å²) in [6.45, 7) is 12.2. The molecular weight excluding hydrogens is 370 g/mol. The highest BCUT2D eigenvalue weighted by atomic mass is 32.1. The molecule has 160 valence electrons. The topological polar surface area (TPSA) is 53.0 Å². The Morgan fingerprint density at radius 1 is 1.39 bits per heavy atom. The first-order valence-corrected chi connectivity index (χ1v) is 11.4. The first kappa shape index (κ1) is 23.1. The van der Waals surface area contributed by atoms with Crippen LogP contribution in [0, 0.1) is 11.8 Å². The highest BCUT2D eigenvalue weighted by Gasteiger charge is 2.21. The van der Waals surface area contributed by atoms with E-state index in [1.165, 1.54) is 38.9 Å². The molecule has 3 unspecified atom stereocenters. The van der Waals surface area contributed by atoms with Crippen LogP contribution in [-0.4, -0.2) is 68.1 Å². The van der Waals surface area contributed by atoms with E-state index in [9.17, 15) is 0 Å². The third kappa shape index (κ3) is 7.33. The zero-order valence-corrected chi connectivity index (χ0v) is 19.4. The Morgan fingerprint density at radius 3 is 2.75 bits per heavy atom. The standard InChI is InChI=1S/C21H39N5OS/c1-16-11-17(2)13-26(12-16)10-8-7-9-23-21(22-4)25(5)14-19-15-28-20(24-19)18(3)27-6/h15-18H,7-14H2,1-6H3,(H,22,23). The summed E-state index contributed by atoms with van der Waals surface area (Å²) < 4.78 is 5.35. The summed E-state index contributed by atoms with van der Waals surface area (Å²) in [6, 6.07) is 0. The fraction of sp³-hybridized carbons (Fsp3) is 0.810. The van der Waals surface area contributed by atoms with Gasteiger partial charge in [-0.3, -0.25) is 4.99 Å². The number of likely N-dealkylation sites (tertiary alicyclic amines) is 1. The average molecular weight is 410 g/mol. The quantitative estimate of drug-likeness (QED) is 0.384. The molecular formula is C21H39N5OS. The lowest BCUT2D eigenvalue weighted by molar-refractivity contribution is 0.119. The summed E-state index contributed by atoms with van der Waals surface area (Å²) in [6.07, 6.45) is 3.83. The van der Waals surface area contributed by atoms with E-state index < -0.39 is 0 Å². The van der Waals surface area contributed by atoms with Crippen molar-refractivity contribution < 1.29 is 4.74 Å². The molecule has 0 bridgehead atoms. The third-order valence-electron chi connectivity index (χ3n) is 5.37. The summed E-state index contributed by atoms with van der Waals surface area (Å²) in [5.74, 6) is 2.61. The third-order valence-corrected chi connectivity index (χ3v) is 6.43. The molecule has 6 nitrogen and oxygen atoms in total. The Hall–Kier alpha value is -1.18. The summed E-state index contributed by atoms with van der Waals surface area (Å²) in [5.41, 5.74) is 1.06. The second-order valence-electron chi connectivity index (χ2n) is 8.30. The van der Waals surface area contributed by atoms with Crippen molar-refractivity contribution in [2.24, 2.45) is 16.8 Å². The van der Waals surface area contributed by atoms with Crippen molar-refractivity contribution >= 4 is 17.3 Å². The van der Waals surface area contributed by atoms with Gasteiger partial charge in [0.25, 0.3) is 0 Å². The number of hydrogen-bond donors (Lipinski definition) is 1. The molecule has 1 fully saturated rings. The molecule has 1 N–H and O–H groups in total. The van der Waals surface area contributed by atoms with Crippen molar-refractivity contribution in [3.05, 3.63) is 16.1 Å². The van der Waals surface area contributed by atoms with Gasteiger partial charge in [-0.2, -0.15) is 0 Å². The van der Waals surface area contributed by atoms with Gasteiger partial charge in [-0.15, -0.1) is 11.3 Å². The minimum atomic E-state index is 0.0485. The number of methoxy groups -OCH3 is 1. The number of ether oxygens (including phenoxy) is 1. The van der Waals surface area contributed by atoms with Crippen molar-refractivity contribution in [2.45, 2.75) is 52.7 Å². The molecule has 0 aromatic carbocycles. The molecule has 0 spiro atoms. The molecule has 0 radical (unpaired) electrons. The van der Waals surface area contributed by atoms with Crippen molar-refractivity contribution in [1.29, 1.82) is 0 Å². The number of thiazole rings is 1. The SMILES string of the molecule is CN=C(NCCCCN1CC(C)CC(C)C1)N(C)Cc1csc(C(C)OC)n1. The second-order valence-corrected chi connectivity index (χ2v) is 9.19. The van der Waals surface area contributed by atoms with E-state index in [0.29, 0.717) is 0 Å². The number of aliphatic imine (C=N–C) groups is 1. The van der Waals surface area contributed by atoms with Crippen LogP contribution in [0.1, 0.15) is 56.8 Å². The first-order valence-electron chi connectivity index (χ1n) is 10.5. The van der Waals surface area contributed by atoms with E-state index in [0.717, 1.165) is 41.6 Å². The summed E-state index contributed by atoms with van der Waals surface area (Å²) in [4.78, 5) is 13.9. The van der Waals surface area contributed by atoms with E-state index in [4.69, 9.17) is 4.74 Å². The Morgan fingerprint density at radius 2 is 2.11 bits per heavy atom. The minimum Gasteiger partial charge on any atom is -0.375 e. The van der Waals surface area contributed by atoms with E-state index in [1.54, 1.807) is 18.4 Å². The molecule has 1 saturated heterocycles. The van der Waals surface area contributed by atoms with Crippen LogP contribution in [0.15, 0.2) is 10.4 Å². The number of aromatic nitrogens is 1. The molecule has 1 aromatic heterocycles. The predicted octanol–water partition coefficient (Wildman–Crippen LogP) is 3.62. The van der Waals surface area contributed by atoms with Crippen molar-refractivity contribution in [3.8, 4) is 0 Å². The number of guanidine groups is 1. The predicted molar refractivity (Wildman–Crippen MR) is 119 cm³/mol. The van der Waals surface area contributed by atoms with Crippen LogP contribution in [0.2, 0.25) is 0 Å². The van der Waals surface area contributed by atoms with Gasteiger partial charge in [0, 0.05) is 46.2 Å². The van der Waals surface area contributed by atoms with Crippen LogP contribution >= 0.6 is 11.3 Å². The molecule has 0 aliphatic carbocycles. The lowest BCUT2D eigenvalue weighted by atomic mass is 9.92. The molecule has 2 rings (SSSR count). The number of nitrogens with one attached hydrogen (secondary N) is 1. The fourth-order valence-corrected chi connectivity index (χ4v) is 4.86. The van der Waals surface area contributed by atoms with E-state index in [2.05, 4.69) is 51.4 Å². The molecule has 28 heavy (non-hydrogen) atoms. The maximum absolute atomic E-state index is 5.35. The van der Waals surface area contributed by atoms with Gasteiger partial charge in [0.05, 0.1) is 12.2 Å². The molecule has 1 aliphatic rings. The van der Waals surface area contributed by atoms with Gasteiger partial charge in [0.2, 0.25) is 0 Å². The van der Waals surface area contributed by atoms with Crippen LogP contribution in [0.5, 0.6) is 0 Å². The van der Waals surface area contributed by atoms with Crippen LogP contribution < -0.4 is 5.32 Å². The smallest absolute Gasteiger partial charge is 0.193 e. The van der Waals surface area contributed by atoms with E-state index in [-0.39, 0.29) is 6.10 Å². The lowest BCUT2D eigenvalue weighted by Gasteiger charge is -2.35. The number of piperidine rings is 1. The molecule has 7 heteroatoms. The maximum Gasteiger partial charge on any atom is 0.193 e. The fourth-order valence-electron chi connectivity index (χ4n) is 4.02. The lowest BCUT2D eigenvalue weighted by Crippen LogP contribution is -2.40. The minimum absolute atomic E-state index is 0.0485. The normalized spacial score (nSPS) is 22.3. The molecule has 0 saturated carbocycles. The van der Waals surface area contributed by atoms with Crippen molar-refractivity contribution in [2.75, 3.05) is 47.4 Å². The van der Waals surface area contributed by atoms with E-state index >= 15 is 0 Å². The zero-order valence-electron chi connectivity index (χ0n) is 18.6. The van der Waals surface area contributed by atoms with Gasteiger partial charge < -0.3 is 19.9 Å². The first-order chi connectivity index (χ1) is 13.4.